The summed E-state index contributed by atoms with van der Waals surface area (Å²) >= 11 is 1.30. The van der Waals surface area contributed by atoms with E-state index in [1.807, 2.05) is 6.92 Å². The molecule has 2 rings (SSSR count). The Bertz CT molecular complexity index is 682. The first-order valence-corrected chi connectivity index (χ1v) is 8.13. The predicted octanol–water partition coefficient (Wildman–Crippen LogP) is 3.12. The van der Waals surface area contributed by atoms with Gasteiger partial charge in [-0.05, 0) is 30.7 Å². The molecule has 0 unspecified atom stereocenters. The van der Waals surface area contributed by atoms with Crippen molar-refractivity contribution in [2.75, 3.05) is 0 Å². The number of hydrogen-bond donors (Lipinski definition) is 1. The molecule has 1 N–H and O–H groups in total. The van der Waals surface area contributed by atoms with Crippen LogP contribution in [-0.4, -0.2) is 24.1 Å². The van der Waals surface area contributed by atoms with Gasteiger partial charge in [-0.3, -0.25) is 0 Å². The first-order valence-electron chi connectivity index (χ1n) is 5.77. The number of aromatic nitrogens is 2. The zero-order chi connectivity index (χ0) is 14.8. The average molecular weight is 318 g/mol. The number of alkyl halides is 2. The highest BCUT2D eigenvalue weighted by Gasteiger charge is 2.26. The van der Waals surface area contributed by atoms with Crippen LogP contribution in [-0.2, 0) is 16.3 Å². The van der Waals surface area contributed by atoms with Crippen LogP contribution in [0.2, 0.25) is 0 Å². The molecule has 20 heavy (non-hydrogen) atoms. The van der Waals surface area contributed by atoms with Crippen molar-refractivity contribution in [2.24, 2.45) is 0 Å². The maximum Gasteiger partial charge on any atom is 0.341 e. The van der Waals surface area contributed by atoms with Gasteiger partial charge >= 0.3 is 5.76 Å². The normalized spacial score (nSPS) is 12.0. The third-order valence-corrected chi connectivity index (χ3v) is 4.89. The molecule has 1 heterocycles. The quantitative estimate of drug-likeness (QED) is 0.920. The zero-order valence-corrected chi connectivity index (χ0v) is 12.1. The van der Waals surface area contributed by atoms with Crippen LogP contribution in [0.1, 0.15) is 12.6 Å². The van der Waals surface area contributed by atoms with E-state index in [-0.39, 0.29) is 4.90 Å². The molecule has 0 aliphatic rings. The van der Waals surface area contributed by atoms with Gasteiger partial charge in [0.05, 0.1) is 4.90 Å². The second-order valence-electron chi connectivity index (χ2n) is 3.95. The summed E-state index contributed by atoms with van der Waals surface area (Å²) in [7, 11) is -4.53. The van der Waals surface area contributed by atoms with Crippen LogP contribution in [0.3, 0.4) is 0 Å². The fourth-order valence-electron chi connectivity index (χ4n) is 1.48. The summed E-state index contributed by atoms with van der Waals surface area (Å²) in [5.41, 5.74) is 0.990. The number of aryl methyl sites for hydroxylation is 1. The van der Waals surface area contributed by atoms with Crippen LogP contribution >= 0.6 is 11.8 Å². The maximum atomic E-state index is 12.4. The molecule has 0 fully saturated rings. The molecular formula is C12H12F2N2O2S2. The van der Waals surface area contributed by atoms with E-state index in [0.29, 0.717) is 5.16 Å². The Kier molecular flexibility index (Phi) is 4.44. The van der Waals surface area contributed by atoms with Gasteiger partial charge in [0.25, 0.3) is 0 Å². The van der Waals surface area contributed by atoms with Gasteiger partial charge in [-0.2, -0.15) is 8.78 Å². The molecule has 0 spiro atoms. The van der Waals surface area contributed by atoms with Crippen LogP contribution in [0.25, 0.3) is 0 Å². The predicted molar refractivity (Wildman–Crippen MR) is 71.7 cm³/mol. The molecule has 0 radical (unpaired) electrons. The lowest BCUT2D eigenvalue weighted by molar-refractivity contribution is 0.234. The van der Waals surface area contributed by atoms with E-state index in [1.165, 1.54) is 36.0 Å². The Morgan fingerprint density at radius 3 is 2.45 bits per heavy atom. The van der Waals surface area contributed by atoms with Crippen molar-refractivity contribution in [3.63, 3.8) is 0 Å². The molecule has 0 aliphatic carbocycles. The Hall–Kier alpha value is -1.41. The van der Waals surface area contributed by atoms with Crippen LogP contribution in [0.5, 0.6) is 0 Å². The van der Waals surface area contributed by atoms with E-state index < -0.39 is 15.6 Å². The third-order valence-electron chi connectivity index (χ3n) is 2.59. The van der Waals surface area contributed by atoms with Crippen LogP contribution in [0.15, 0.2) is 45.4 Å². The molecule has 0 saturated heterocycles. The molecule has 0 saturated carbocycles. The van der Waals surface area contributed by atoms with Crippen molar-refractivity contribution < 1.29 is 17.2 Å². The topological polar surface area (TPSA) is 62.8 Å². The van der Waals surface area contributed by atoms with Gasteiger partial charge in [-0.1, -0.05) is 18.7 Å². The van der Waals surface area contributed by atoms with E-state index in [0.717, 1.165) is 17.0 Å². The molecule has 8 heteroatoms. The molecule has 0 aliphatic heterocycles. The molecule has 0 bridgehead atoms. The van der Waals surface area contributed by atoms with E-state index in [9.17, 15) is 17.2 Å². The average Bonchev–Trinajstić information content (AvgIpc) is 2.87. The van der Waals surface area contributed by atoms with Gasteiger partial charge < -0.3 is 4.98 Å². The number of nitrogens with one attached hydrogen (secondary N) is 1. The third kappa shape index (κ3) is 3.18. The van der Waals surface area contributed by atoms with E-state index in [1.54, 1.807) is 6.20 Å². The lowest BCUT2D eigenvalue weighted by Gasteiger charge is -2.04. The van der Waals surface area contributed by atoms with Crippen LogP contribution in [0.4, 0.5) is 8.78 Å². The number of hydrogen-bond acceptors (Lipinski definition) is 4. The first kappa shape index (κ1) is 15.0. The number of nitrogens with zero attached hydrogens (tertiary/aromatic N) is 1. The minimum atomic E-state index is -4.53. The first-order chi connectivity index (χ1) is 9.43. The minimum absolute atomic E-state index is 0.384. The standard InChI is InChI=1S/C12H12F2N2O2S2/c1-2-8-7-15-12(16-8)19-9-3-5-10(6-4-9)20(17,18)11(13)14/h3-7,11H,2H2,1H3,(H,15,16). The number of rotatable bonds is 5. The van der Waals surface area contributed by atoms with E-state index in [4.69, 9.17) is 0 Å². The Morgan fingerprint density at radius 1 is 1.30 bits per heavy atom. The van der Waals surface area contributed by atoms with Gasteiger partial charge in [0.15, 0.2) is 5.16 Å². The fraction of sp³-hybridized carbons (Fsp3) is 0.250. The molecule has 108 valence electrons. The van der Waals surface area contributed by atoms with Crippen molar-refractivity contribution in [1.82, 2.24) is 9.97 Å². The summed E-state index contributed by atoms with van der Waals surface area (Å²) in [6.07, 6.45) is 2.55. The highest BCUT2D eigenvalue weighted by Crippen LogP contribution is 2.27. The zero-order valence-electron chi connectivity index (χ0n) is 10.5. The van der Waals surface area contributed by atoms with Crippen molar-refractivity contribution in [1.29, 1.82) is 0 Å². The summed E-state index contributed by atoms with van der Waals surface area (Å²) in [4.78, 5) is 7.57. The van der Waals surface area contributed by atoms with Crippen molar-refractivity contribution in [3.8, 4) is 0 Å². The fourth-order valence-corrected chi connectivity index (χ4v) is 2.99. The number of halogens is 2. The summed E-state index contributed by atoms with van der Waals surface area (Å²) in [5, 5.41) is 0.673. The summed E-state index contributed by atoms with van der Waals surface area (Å²) in [5.74, 6) is -3.40. The maximum absolute atomic E-state index is 12.4. The number of H-pyrrole nitrogens is 1. The van der Waals surface area contributed by atoms with E-state index >= 15 is 0 Å². The lowest BCUT2D eigenvalue weighted by atomic mass is 10.4. The largest absolute Gasteiger partial charge is 0.341 e. The highest BCUT2D eigenvalue weighted by molar-refractivity contribution is 7.99. The Balaban J connectivity index is 2.16. The van der Waals surface area contributed by atoms with Crippen molar-refractivity contribution in [2.45, 2.75) is 34.0 Å². The molecule has 0 atom stereocenters. The number of imidazole rings is 1. The molecule has 0 amide bonds. The summed E-state index contributed by atoms with van der Waals surface area (Å²) < 4.78 is 47.3. The monoisotopic (exact) mass is 318 g/mol. The molecule has 4 nitrogen and oxygen atoms in total. The van der Waals surface area contributed by atoms with Crippen LogP contribution < -0.4 is 0 Å². The van der Waals surface area contributed by atoms with Crippen LogP contribution in [0, 0.1) is 0 Å². The molecular weight excluding hydrogens is 306 g/mol. The number of sulfone groups is 1. The smallest absolute Gasteiger partial charge is 0.337 e. The molecule has 1 aromatic carbocycles. The van der Waals surface area contributed by atoms with Gasteiger partial charge in [-0.15, -0.1) is 0 Å². The van der Waals surface area contributed by atoms with Gasteiger partial charge in [0.2, 0.25) is 9.84 Å². The lowest BCUT2D eigenvalue weighted by Crippen LogP contribution is -2.10. The highest BCUT2D eigenvalue weighted by atomic mass is 32.2. The second-order valence-corrected chi connectivity index (χ2v) is 6.93. The Morgan fingerprint density at radius 2 is 1.95 bits per heavy atom. The van der Waals surface area contributed by atoms with Crippen molar-refractivity contribution >= 4 is 21.6 Å². The minimum Gasteiger partial charge on any atom is -0.337 e. The van der Waals surface area contributed by atoms with Crippen molar-refractivity contribution in [3.05, 3.63) is 36.2 Å². The second kappa shape index (κ2) is 5.92. The number of benzene rings is 1. The van der Waals surface area contributed by atoms with Gasteiger partial charge in [0, 0.05) is 16.8 Å². The van der Waals surface area contributed by atoms with Gasteiger partial charge in [-0.25, -0.2) is 13.4 Å². The summed E-state index contributed by atoms with van der Waals surface area (Å²) in [6, 6.07) is 5.31. The SMILES string of the molecule is CCc1cnc(Sc2ccc(S(=O)(=O)C(F)F)cc2)[nH]1. The molecule has 2 aromatic rings. The van der Waals surface area contributed by atoms with E-state index in [2.05, 4.69) is 9.97 Å². The molecule has 1 aromatic heterocycles. The Labute approximate surface area is 119 Å². The number of aromatic amines is 1. The van der Waals surface area contributed by atoms with Gasteiger partial charge in [0.1, 0.15) is 0 Å². The summed E-state index contributed by atoms with van der Waals surface area (Å²) in [6.45, 7) is 1.99.